The maximum Gasteiger partial charge on any atom is 0.155 e. The number of nitrogens with zero attached hydrogens (tertiary/aromatic N) is 3. The molecule has 1 rings (SSSR count). The number of benzene rings is 1. The number of azide groups is 1. The lowest BCUT2D eigenvalue weighted by molar-refractivity contribution is 0.111. The van der Waals surface area contributed by atoms with Gasteiger partial charge in [0.25, 0.3) is 0 Å². The molecule has 0 aliphatic rings. The molecule has 0 aliphatic carbocycles. The van der Waals surface area contributed by atoms with Crippen molar-refractivity contribution in [1.29, 1.82) is 0 Å². The molecule has 0 unspecified atom stereocenters. The normalized spacial score (nSPS) is 10.1. The van der Waals surface area contributed by atoms with Gasteiger partial charge in [0.15, 0.2) is 6.29 Å². The fourth-order valence-electron chi connectivity index (χ4n) is 1.09. The van der Waals surface area contributed by atoms with E-state index in [1.807, 2.05) is 0 Å². The smallest absolute Gasteiger partial charge is 0.155 e. The van der Waals surface area contributed by atoms with Gasteiger partial charge >= 0.3 is 0 Å². The SMILES string of the molecule is [N-]=[N+]=NCC=Cc1cc(F)c(C=O)c(F)c1. The van der Waals surface area contributed by atoms with Crippen LogP contribution in [0.1, 0.15) is 15.9 Å². The van der Waals surface area contributed by atoms with Crippen molar-refractivity contribution >= 4 is 12.4 Å². The van der Waals surface area contributed by atoms with Crippen LogP contribution >= 0.6 is 0 Å². The van der Waals surface area contributed by atoms with Crippen LogP contribution in [0.5, 0.6) is 0 Å². The minimum Gasteiger partial charge on any atom is -0.298 e. The highest BCUT2D eigenvalue weighted by molar-refractivity contribution is 5.76. The predicted molar refractivity (Wildman–Crippen MR) is 54.8 cm³/mol. The molecule has 0 saturated carbocycles. The van der Waals surface area contributed by atoms with Gasteiger partial charge in [0.2, 0.25) is 0 Å². The molecular formula is C10H7F2N3O. The molecule has 16 heavy (non-hydrogen) atoms. The minimum atomic E-state index is -0.918. The van der Waals surface area contributed by atoms with Gasteiger partial charge in [-0.15, -0.1) is 0 Å². The third-order valence-electron chi connectivity index (χ3n) is 1.78. The zero-order valence-electron chi connectivity index (χ0n) is 8.10. The van der Waals surface area contributed by atoms with E-state index in [1.165, 1.54) is 12.2 Å². The molecule has 0 heterocycles. The van der Waals surface area contributed by atoms with Crippen molar-refractivity contribution in [2.75, 3.05) is 6.54 Å². The van der Waals surface area contributed by atoms with E-state index in [0.29, 0.717) is 0 Å². The zero-order valence-corrected chi connectivity index (χ0v) is 8.10. The highest BCUT2D eigenvalue weighted by Gasteiger charge is 2.08. The fraction of sp³-hybridized carbons (Fsp3) is 0.100. The largest absolute Gasteiger partial charge is 0.298 e. The maximum absolute atomic E-state index is 13.1. The van der Waals surface area contributed by atoms with Crippen molar-refractivity contribution in [3.05, 3.63) is 51.4 Å². The number of hydrogen-bond acceptors (Lipinski definition) is 2. The highest BCUT2D eigenvalue weighted by atomic mass is 19.1. The van der Waals surface area contributed by atoms with E-state index in [4.69, 9.17) is 5.53 Å². The van der Waals surface area contributed by atoms with Gasteiger partial charge in [-0.05, 0) is 23.2 Å². The number of carbonyl (C=O) groups is 1. The lowest BCUT2D eigenvalue weighted by atomic mass is 10.1. The van der Waals surface area contributed by atoms with Gasteiger partial charge < -0.3 is 0 Å². The van der Waals surface area contributed by atoms with Gasteiger partial charge in [-0.2, -0.15) is 0 Å². The molecule has 0 aliphatic heterocycles. The molecule has 6 heteroatoms. The van der Waals surface area contributed by atoms with Crippen molar-refractivity contribution in [1.82, 2.24) is 0 Å². The van der Waals surface area contributed by atoms with E-state index in [2.05, 4.69) is 10.0 Å². The minimum absolute atomic E-state index is 0.0924. The summed E-state index contributed by atoms with van der Waals surface area (Å²) >= 11 is 0. The quantitative estimate of drug-likeness (QED) is 0.334. The molecular weight excluding hydrogens is 216 g/mol. The van der Waals surface area contributed by atoms with Crippen molar-refractivity contribution in [2.45, 2.75) is 0 Å². The molecule has 1 aromatic carbocycles. The Hall–Kier alpha value is -2.20. The molecule has 0 aromatic heterocycles. The first-order chi connectivity index (χ1) is 7.69. The molecule has 0 fully saturated rings. The third kappa shape index (κ3) is 2.90. The number of carbonyl (C=O) groups excluding carboxylic acids is 1. The molecule has 1 aromatic rings. The first-order valence-corrected chi connectivity index (χ1v) is 4.30. The zero-order chi connectivity index (χ0) is 12.0. The van der Waals surface area contributed by atoms with Crippen molar-refractivity contribution in [2.24, 2.45) is 5.11 Å². The third-order valence-corrected chi connectivity index (χ3v) is 1.78. The number of hydrogen-bond donors (Lipinski definition) is 0. The fourth-order valence-corrected chi connectivity index (χ4v) is 1.09. The van der Waals surface area contributed by atoms with Crippen molar-refractivity contribution in [3.63, 3.8) is 0 Å². The average Bonchev–Trinajstić information content (AvgIpc) is 2.24. The first-order valence-electron chi connectivity index (χ1n) is 4.30. The molecule has 0 amide bonds. The topological polar surface area (TPSA) is 65.8 Å². The summed E-state index contributed by atoms with van der Waals surface area (Å²) in [5.74, 6) is -1.84. The van der Waals surface area contributed by atoms with Gasteiger partial charge in [-0.1, -0.05) is 17.3 Å². The summed E-state index contributed by atoms with van der Waals surface area (Å²) in [5, 5.41) is 3.22. The van der Waals surface area contributed by atoms with E-state index >= 15 is 0 Å². The van der Waals surface area contributed by atoms with E-state index < -0.39 is 17.2 Å². The monoisotopic (exact) mass is 223 g/mol. The maximum atomic E-state index is 13.1. The summed E-state index contributed by atoms with van der Waals surface area (Å²) < 4.78 is 26.2. The first kappa shape index (κ1) is 11.9. The van der Waals surface area contributed by atoms with E-state index in [-0.39, 0.29) is 18.4 Å². The van der Waals surface area contributed by atoms with Gasteiger partial charge in [0.1, 0.15) is 11.6 Å². The van der Waals surface area contributed by atoms with Gasteiger partial charge in [0, 0.05) is 11.5 Å². The molecule has 0 radical (unpaired) electrons. The second kappa shape index (κ2) is 5.63. The Morgan fingerprint density at radius 3 is 2.50 bits per heavy atom. The second-order valence-electron chi connectivity index (χ2n) is 2.83. The molecule has 82 valence electrons. The van der Waals surface area contributed by atoms with Crippen LogP contribution in [0, 0.1) is 11.6 Å². The molecule has 0 bridgehead atoms. The van der Waals surface area contributed by atoms with Crippen LogP contribution in [0.15, 0.2) is 23.3 Å². The summed E-state index contributed by atoms with van der Waals surface area (Å²) in [6.07, 6.45) is 2.97. The summed E-state index contributed by atoms with van der Waals surface area (Å²) in [4.78, 5) is 12.8. The van der Waals surface area contributed by atoms with Crippen molar-refractivity contribution in [3.8, 4) is 0 Å². The van der Waals surface area contributed by atoms with Crippen LogP contribution in [0.3, 0.4) is 0 Å². The molecule has 4 nitrogen and oxygen atoms in total. The van der Waals surface area contributed by atoms with Crippen molar-refractivity contribution < 1.29 is 13.6 Å². The number of rotatable bonds is 4. The Balaban J connectivity index is 2.95. The van der Waals surface area contributed by atoms with E-state index in [9.17, 15) is 13.6 Å². The number of aldehydes is 1. The summed E-state index contributed by atoms with van der Waals surface area (Å²) in [6.45, 7) is 0.0924. The summed E-state index contributed by atoms with van der Waals surface area (Å²) in [7, 11) is 0. The Kier molecular flexibility index (Phi) is 4.17. The molecule has 0 atom stereocenters. The summed E-state index contributed by atoms with van der Waals surface area (Å²) in [6, 6.07) is 2.05. The van der Waals surface area contributed by atoms with E-state index in [1.54, 1.807) is 0 Å². The van der Waals surface area contributed by atoms with Gasteiger partial charge in [0.05, 0.1) is 5.56 Å². The molecule has 0 N–H and O–H groups in total. The molecule has 0 saturated heterocycles. The average molecular weight is 223 g/mol. The van der Waals surface area contributed by atoms with Gasteiger partial charge in [-0.3, -0.25) is 4.79 Å². The summed E-state index contributed by atoms with van der Waals surface area (Å²) in [5.41, 5.74) is 7.65. The predicted octanol–water partition coefficient (Wildman–Crippen LogP) is 3.10. The van der Waals surface area contributed by atoms with Crippen LogP contribution in [0.2, 0.25) is 0 Å². The van der Waals surface area contributed by atoms with Crippen LogP contribution in [0.4, 0.5) is 8.78 Å². The van der Waals surface area contributed by atoms with Crippen LogP contribution in [-0.4, -0.2) is 12.8 Å². The van der Waals surface area contributed by atoms with Crippen LogP contribution < -0.4 is 0 Å². The standard InChI is InChI=1S/C10H7F2N3O/c11-9-4-7(2-1-3-14-15-13)5-10(12)8(9)6-16/h1-2,4-6H,3H2. The molecule has 0 spiro atoms. The Morgan fingerprint density at radius 2 is 2.00 bits per heavy atom. The highest BCUT2D eigenvalue weighted by Crippen LogP contribution is 2.14. The van der Waals surface area contributed by atoms with Gasteiger partial charge in [-0.25, -0.2) is 8.78 Å². The second-order valence-corrected chi connectivity index (χ2v) is 2.83. The Bertz CT molecular complexity index is 456. The Morgan fingerprint density at radius 1 is 1.38 bits per heavy atom. The van der Waals surface area contributed by atoms with E-state index in [0.717, 1.165) is 12.1 Å². The van der Waals surface area contributed by atoms with Crippen LogP contribution in [-0.2, 0) is 0 Å². The van der Waals surface area contributed by atoms with Crippen LogP contribution in [0.25, 0.3) is 16.5 Å². The Labute approximate surface area is 89.8 Å². The lowest BCUT2D eigenvalue weighted by Crippen LogP contribution is -1.94. The number of halogens is 2. The lowest BCUT2D eigenvalue weighted by Gasteiger charge is -1.99.